The minimum Gasteiger partial charge on any atom is -0.451 e. The number of benzene rings is 3. The molecule has 3 aromatic carbocycles. The quantitative estimate of drug-likeness (QED) is 0.485. The van der Waals surface area contributed by atoms with Crippen molar-refractivity contribution in [2.75, 3.05) is 5.32 Å². The van der Waals surface area contributed by atoms with Gasteiger partial charge in [-0.3, -0.25) is 9.59 Å². The summed E-state index contributed by atoms with van der Waals surface area (Å²) in [6.07, 6.45) is 0. The number of aryl methyl sites for hydroxylation is 1. The van der Waals surface area contributed by atoms with Crippen LogP contribution in [0.25, 0.3) is 32.0 Å². The highest BCUT2D eigenvalue weighted by Crippen LogP contribution is 2.29. The summed E-state index contributed by atoms with van der Waals surface area (Å²) in [5, 5.41) is 5.91. The van der Waals surface area contributed by atoms with Gasteiger partial charge in [-0.05, 0) is 41.1 Å². The highest BCUT2D eigenvalue weighted by molar-refractivity contribution is 7.16. The summed E-state index contributed by atoms with van der Waals surface area (Å²) in [6, 6.07) is 19.0. The molecule has 0 aliphatic heterocycles. The number of hydrogen-bond donors (Lipinski definition) is 1. The molecule has 0 radical (unpaired) electrons. The van der Waals surface area contributed by atoms with Crippen LogP contribution in [0.2, 0.25) is 0 Å². The third-order valence-electron chi connectivity index (χ3n) is 4.70. The van der Waals surface area contributed by atoms with E-state index >= 15 is 0 Å². The van der Waals surface area contributed by atoms with Crippen LogP contribution in [0.4, 0.5) is 5.69 Å². The molecule has 0 aliphatic carbocycles. The highest BCUT2D eigenvalue weighted by Gasteiger charge is 2.15. The van der Waals surface area contributed by atoms with Crippen LogP contribution in [-0.4, -0.2) is 10.5 Å². The van der Waals surface area contributed by atoms with E-state index in [1.54, 1.807) is 29.8 Å². The molecule has 0 fully saturated rings. The first kappa shape index (κ1) is 15.8. The average molecular weight is 374 g/mol. The zero-order valence-electron chi connectivity index (χ0n) is 14.4. The summed E-state index contributed by atoms with van der Waals surface area (Å²) in [4.78, 5) is 24.4. The number of thiazole rings is 1. The van der Waals surface area contributed by atoms with Gasteiger partial charge in [0.1, 0.15) is 5.58 Å². The zero-order valence-corrected chi connectivity index (χ0v) is 15.2. The number of rotatable bonds is 2. The molecule has 5 rings (SSSR count). The molecule has 1 amide bonds. The Labute approximate surface area is 157 Å². The topological polar surface area (TPSA) is 64.2 Å². The van der Waals surface area contributed by atoms with Crippen molar-refractivity contribution in [1.29, 1.82) is 0 Å². The van der Waals surface area contributed by atoms with E-state index in [-0.39, 0.29) is 16.5 Å². The molecule has 0 unspecified atom stereocenters. The Kier molecular flexibility index (Phi) is 3.42. The fourth-order valence-corrected chi connectivity index (χ4v) is 4.23. The zero-order chi connectivity index (χ0) is 18.5. The van der Waals surface area contributed by atoms with Crippen LogP contribution in [0.1, 0.15) is 10.6 Å². The molecule has 0 spiro atoms. The summed E-state index contributed by atoms with van der Waals surface area (Å²) in [5.74, 6) is -0.0689. The third kappa shape index (κ3) is 2.53. The van der Waals surface area contributed by atoms with Gasteiger partial charge >= 0.3 is 4.87 Å². The smallest absolute Gasteiger partial charge is 0.307 e. The van der Waals surface area contributed by atoms with E-state index in [1.165, 1.54) is 0 Å². The standard InChI is InChI=1S/C21H14N2O3S/c1-23-16-8-7-13(10-19(16)27-21(23)25)22-20(24)18-11-15-14-5-3-2-4-12(14)6-9-17(15)26-18/h2-11H,1H3,(H,22,24). The molecule has 5 aromatic rings. The van der Waals surface area contributed by atoms with Crippen molar-refractivity contribution in [3.63, 3.8) is 0 Å². The van der Waals surface area contributed by atoms with Gasteiger partial charge in [0.15, 0.2) is 5.76 Å². The van der Waals surface area contributed by atoms with Gasteiger partial charge in [0, 0.05) is 18.1 Å². The van der Waals surface area contributed by atoms with Crippen LogP contribution in [0.5, 0.6) is 0 Å². The lowest BCUT2D eigenvalue weighted by atomic mass is 10.1. The minimum atomic E-state index is -0.321. The van der Waals surface area contributed by atoms with E-state index in [9.17, 15) is 9.59 Å². The van der Waals surface area contributed by atoms with Crippen LogP contribution in [0.15, 0.2) is 69.9 Å². The Morgan fingerprint density at radius 1 is 1.04 bits per heavy atom. The summed E-state index contributed by atoms with van der Waals surface area (Å²) >= 11 is 1.15. The van der Waals surface area contributed by atoms with Crippen molar-refractivity contribution in [3.8, 4) is 0 Å². The van der Waals surface area contributed by atoms with E-state index in [0.717, 1.165) is 37.7 Å². The van der Waals surface area contributed by atoms with E-state index in [1.807, 2.05) is 42.5 Å². The molecule has 0 saturated carbocycles. The first-order chi connectivity index (χ1) is 13.1. The molecule has 132 valence electrons. The van der Waals surface area contributed by atoms with Gasteiger partial charge in [0.25, 0.3) is 5.91 Å². The Morgan fingerprint density at radius 3 is 2.78 bits per heavy atom. The minimum absolute atomic E-state index is 0.0300. The van der Waals surface area contributed by atoms with Crippen molar-refractivity contribution in [1.82, 2.24) is 4.57 Å². The number of hydrogen-bond acceptors (Lipinski definition) is 4. The molecule has 2 heterocycles. The summed E-state index contributed by atoms with van der Waals surface area (Å²) < 4.78 is 8.18. The summed E-state index contributed by atoms with van der Waals surface area (Å²) in [7, 11) is 1.73. The number of carbonyl (C=O) groups is 1. The monoisotopic (exact) mass is 374 g/mol. The van der Waals surface area contributed by atoms with Gasteiger partial charge in [0.2, 0.25) is 0 Å². The Morgan fingerprint density at radius 2 is 1.89 bits per heavy atom. The van der Waals surface area contributed by atoms with Crippen molar-refractivity contribution < 1.29 is 9.21 Å². The molecule has 6 heteroatoms. The molecular formula is C21H14N2O3S. The van der Waals surface area contributed by atoms with Crippen molar-refractivity contribution in [2.45, 2.75) is 0 Å². The lowest BCUT2D eigenvalue weighted by molar-refractivity contribution is 0.0998. The second kappa shape index (κ2) is 5.82. The maximum Gasteiger partial charge on any atom is 0.307 e. The molecule has 0 aliphatic rings. The number of nitrogens with one attached hydrogen (secondary N) is 1. The number of carbonyl (C=O) groups excluding carboxylic acids is 1. The lowest BCUT2D eigenvalue weighted by Crippen LogP contribution is -2.10. The first-order valence-corrected chi connectivity index (χ1v) is 9.24. The molecule has 0 bridgehead atoms. The van der Waals surface area contributed by atoms with Gasteiger partial charge in [0.05, 0.1) is 10.2 Å². The second-order valence-electron chi connectivity index (χ2n) is 6.37. The molecule has 1 N–H and O–H groups in total. The number of nitrogens with zero attached hydrogens (tertiary/aromatic N) is 1. The molecule has 2 aromatic heterocycles. The summed E-state index contributed by atoms with van der Waals surface area (Å²) in [5.41, 5.74) is 2.15. The fraction of sp³-hybridized carbons (Fsp3) is 0.0476. The molecular weight excluding hydrogens is 360 g/mol. The van der Waals surface area contributed by atoms with Crippen molar-refractivity contribution in [3.05, 3.63) is 76.1 Å². The Bertz CT molecular complexity index is 1410. The van der Waals surface area contributed by atoms with Crippen LogP contribution >= 0.6 is 11.3 Å². The predicted molar refractivity (Wildman–Crippen MR) is 109 cm³/mol. The molecule has 27 heavy (non-hydrogen) atoms. The SMILES string of the molecule is Cn1c(=O)sc2cc(NC(=O)c3cc4c(ccc5ccccc54)o3)ccc21. The number of fused-ring (bicyclic) bond motifs is 4. The van der Waals surface area contributed by atoms with E-state index in [2.05, 4.69) is 5.32 Å². The lowest BCUT2D eigenvalue weighted by Gasteiger charge is -2.03. The van der Waals surface area contributed by atoms with Gasteiger partial charge in [-0.25, -0.2) is 0 Å². The van der Waals surface area contributed by atoms with Gasteiger partial charge in [-0.1, -0.05) is 41.7 Å². The van der Waals surface area contributed by atoms with Crippen molar-refractivity contribution in [2.24, 2.45) is 7.05 Å². The Balaban J connectivity index is 1.52. The predicted octanol–water partition coefficient (Wildman–Crippen LogP) is 4.75. The van der Waals surface area contributed by atoms with Gasteiger partial charge in [-0.2, -0.15) is 0 Å². The third-order valence-corrected chi connectivity index (χ3v) is 5.70. The summed E-state index contributed by atoms with van der Waals surface area (Å²) in [6.45, 7) is 0. The highest BCUT2D eigenvalue weighted by atomic mass is 32.1. The van der Waals surface area contributed by atoms with Crippen LogP contribution in [0.3, 0.4) is 0 Å². The second-order valence-corrected chi connectivity index (χ2v) is 7.37. The van der Waals surface area contributed by atoms with Crippen LogP contribution < -0.4 is 10.2 Å². The fourth-order valence-electron chi connectivity index (χ4n) is 3.31. The number of amides is 1. The maximum absolute atomic E-state index is 12.7. The van der Waals surface area contributed by atoms with E-state index < -0.39 is 0 Å². The van der Waals surface area contributed by atoms with Gasteiger partial charge in [-0.15, -0.1) is 0 Å². The van der Waals surface area contributed by atoms with E-state index in [0.29, 0.717) is 11.3 Å². The number of anilines is 1. The maximum atomic E-state index is 12.7. The van der Waals surface area contributed by atoms with E-state index in [4.69, 9.17) is 4.42 Å². The van der Waals surface area contributed by atoms with Crippen molar-refractivity contribution >= 4 is 54.9 Å². The number of furan rings is 1. The van der Waals surface area contributed by atoms with Crippen LogP contribution in [0, 0.1) is 0 Å². The largest absolute Gasteiger partial charge is 0.451 e. The number of aromatic nitrogens is 1. The molecule has 5 nitrogen and oxygen atoms in total. The molecule has 0 saturated heterocycles. The normalized spacial score (nSPS) is 11.4. The van der Waals surface area contributed by atoms with Gasteiger partial charge < -0.3 is 14.3 Å². The first-order valence-electron chi connectivity index (χ1n) is 8.42. The Hall–Kier alpha value is -3.38. The average Bonchev–Trinajstić information content (AvgIpc) is 3.23. The molecule has 0 atom stereocenters. The van der Waals surface area contributed by atoms with Crippen LogP contribution in [-0.2, 0) is 7.05 Å².